The lowest BCUT2D eigenvalue weighted by Gasteiger charge is -2.18. The van der Waals surface area contributed by atoms with Gasteiger partial charge < -0.3 is 0 Å². The predicted molar refractivity (Wildman–Crippen MR) is 103 cm³/mol. The topological polar surface area (TPSA) is 63.2 Å². The zero-order valence-corrected chi connectivity index (χ0v) is 16.0. The molecule has 0 fully saturated rings. The van der Waals surface area contributed by atoms with Crippen LogP contribution in [0.4, 0.5) is 0 Å². The van der Waals surface area contributed by atoms with Gasteiger partial charge in [-0.3, -0.25) is 4.79 Å². The SMILES string of the molecule is O=C(c1cc[c]cc1)C(NS(=O)(=O)c1ccc(Br)cc1)c1ccccc1. The van der Waals surface area contributed by atoms with Crippen molar-refractivity contribution in [2.75, 3.05) is 0 Å². The Bertz CT molecular complexity index is 988. The van der Waals surface area contributed by atoms with E-state index in [0.717, 1.165) is 4.47 Å². The lowest BCUT2D eigenvalue weighted by atomic mass is 9.98. The molecule has 1 unspecified atom stereocenters. The van der Waals surface area contributed by atoms with Gasteiger partial charge >= 0.3 is 0 Å². The number of nitrogens with one attached hydrogen (secondary N) is 1. The quantitative estimate of drug-likeness (QED) is 0.599. The lowest BCUT2D eigenvalue weighted by molar-refractivity contribution is 0.0953. The number of ketones is 1. The summed E-state index contributed by atoms with van der Waals surface area (Å²) in [5.41, 5.74) is 0.988. The summed E-state index contributed by atoms with van der Waals surface area (Å²) in [6, 6.07) is 23.3. The van der Waals surface area contributed by atoms with Gasteiger partial charge in [-0.05, 0) is 35.9 Å². The standard InChI is InChI=1S/C20H15BrNO3S/c21-17-11-13-18(14-12-17)26(24,25)22-19(15-7-3-1-4-8-15)20(23)16-9-5-2-6-10-16/h1,3-14,19,22H. The first-order chi connectivity index (χ1) is 12.5. The molecule has 3 aromatic carbocycles. The zero-order chi connectivity index (χ0) is 18.6. The van der Waals surface area contributed by atoms with Crippen molar-refractivity contribution in [2.24, 2.45) is 0 Å². The van der Waals surface area contributed by atoms with Crippen LogP contribution in [0, 0.1) is 6.07 Å². The van der Waals surface area contributed by atoms with Crippen LogP contribution in [0.2, 0.25) is 0 Å². The Morgan fingerprint density at radius 3 is 2.15 bits per heavy atom. The zero-order valence-electron chi connectivity index (χ0n) is 13.6. The molecule has 0 amide bonds. The molecule has 0 saturated heterocycles. The van der Waals surface area contributed by atoms with E-state index in [4.69, 9.17) is 0 Å². The number of sulfonamides is 1. The van der Waals surface area contributed by atoms with E-state index in [1.807, 2.05) is 6.07 Å². The van der Waals surface area contributed by atoms with Gasteiger partial charge in [0.25, 0.3) is 0 Å². The van der Waals surface area contributed by atoms with Crippen molar-refractivity contribution in [1.82, 2.24) is 4.72 Å². The highest BCUT2D eigenvalue weighted by Gasteiger charge is 2.27. The maximum atomic E-state index is 13.0. The summed E-state index contributed by atoms with van der Waals surface area (Å²) in [7, 11) is -3.88. The molecule has 0 heterocycles. The maximum Gasteiger partial charge on any atom is 0.241 e. The molecule has 131 valence electrons. The summed E-state index contributed by atoms with van der Waals surface area (Å²) in [5.74, 6) is -0.328. The second-order valence-corrected chi connectivity index (χ2v) is 8.20. The molecule has 6 heteroatoms. The molecule has 0 bridgehead atoms. The van der Waals surface area contributed by atoms with Gasteiger partial charge in [0.15, 0.2) is 5.78 Å². The molecule has 0 aliphatic rings. The van der Waals surface area contributed by atoms with E-state index in [1.165, 1.54) is 12.1 Å². The summed E-state index contributed by atoms with van der Waals surface area (Å²) >= 11 is 3.28. The van der Waals surface area contributed by atoms with Crippen molar-refractivity contribution < 1.29 is 13.2 Å². The number of carbonyl (C=O) groups is 1. The number of benzene rings is 3. The smallest absolute Gasteiger partial charge is 0.241 e. The third-order valence-electron chi connectivity index (χ3n) is 3.79. The summed E-state index contributed by atoms with van der Waals surface area (Å²) in [5, 5.41) is 0. The van der Waals surface area contributed by atoms with Crippen molar-refractivity contribution in [3.8, 4) is 0 Å². The van der Waals surface area contributed by atoms with E-state index in [-0.39, 0.29) is 10.7 Å². The minimum absolute atomic E-state index is 0.0934. The summed E-state index contributed by atoms with van der Waals surface area (Å²) in [6.45, 7) is 0. The van der Waals surface area contributed by atoms with Crippen LogP contribution in [0.15, 0.2) is 88.2 Å². The van der Waals surface area contributed by atoms with Crippen LogP contribution in [0.1, 0.15) is 22.0 Å². The molecule has 26 heavy (non-hydrogen) atoms. The molecule has 1 radical (unpaired) electrons. The van der Waals surface area contributed by atoms with Gasteiger partial charge in [-0.15, -0.1) is 0 Å². The molecule has 0 aliphatic heterocycles. The number of carbonyl (C=O) groups excluding carboxylic acids is 1. The number of halogens is 1. The first-order valence-corrected chi connectivity index (χ1v) is 10.1. The molecule has 1 N–H and O–H groups in total. The average molecular weight is 429 g/mol. The molecular formula is C20H15BrNO3S. The highest BCUT2D eigenvalue weighted by molar-refractivity contribution is 9.10. The molecule has 4 nitrogen and oxygen atoms in total. The Hall–Kier alpha value is -2.28. The fraction of sp³-hybridized carbons (Fsp3) is 0.0500. The molecule has 1 atom stereocenters. The van der Waals surface area contributed by atoms with Crippen LogP contribution < -0.4 is 4.72 Å². The lowest BCUT2D eigenvalue weighted by Crippen LogP contribution is -2.34. The molecule has 3 aromatic rings. The van der Waals surface area contributed by atoms with E-state index in [2.05, 4.69) is 26.7 Å². The Morgan fingerprint density at radius 1 is 0.923 bits per heavy atom. The Balaban J connectivity index is 1.99. The van der Waals surface area contributed by atoms with E-state index < -0.39 is 16.1 Å². The number of hydrogen-bond donors (Lipinski definition) is 1. The number of Topliss-reactive ketones (excluding diaryl/α,β-unsaturated/α-hetero) is 1. The van der Waals surface area contributed by atoms with Gasteiger partial charge in [-0.25, -0.2) is 8.42 Å². The normalized spacial score (nSPS) is 12.5. The Labute approximate surface area is 161 Å². The maximum absolute atomic E-state index is 13.0. The Kier molecular flexibility index (Phi) is 5.66. The second kappa shape index (κ2) is 7.95. The third kappa shape index (κ3) is 4.27. The van der Waals surface area contributed by atoms with Gasteiger partial charge in [0.05, 0.1) is 4.90 Å². The van der Waals surface area contributed by atoms with Crippen LogP contribution in [0.25, 0.3) is 0 Å². The van der Waals surface area contributed by atoms with E-state index >= 15 is 0 Å². The largest absolute Gasteiger partial charge is 0.292 e. The first kappa shape index (κ1) is 18.5. The van der Waals surface area contributed by atoms with Gasteiger partial charge in [0.2, 0.25) is 10.0 Å². The molecular weight excluding hydrogens is 414 g/mol. The molecule has 0 aliphatic carbocycles. The minimum Gasteiger partial charge on any atom is -0.292 e. The molecule has 0 aromatic heterocycles. The van der Waals surface area contributed by atoms with Crippen molar-refractivity contribution in [3.05, 3.63) is 101 Å². The molecule has 0 saturated carbocycles. The summed E-state index contributed by atoms with van der Waals surface area (Å²) in [6.07, 6.45) is 0. The van der Waals surface area contributed by atoms with Gasteiger partial charge in [-0.1, -0.05) is 70.5 Å². The van der Waals surface area contributed by atoms with Crippen LogP contribution in [-0.2, 0) is 10.0 Å². The first-order valence-electron chi connectivity index (χ1n) is 7.80. The molecule has 3 rings (SSSR count). The summed E-state index contributed by atoms with van der Waals surface area (Å²) in [4.78, 5) is 13.1. The highest BCUT2D eigenvalue weighted by Crippen LogP contribution is 2.22. The van der Waals surface area contributed by atoms with Crippen LogP contribution in [0.3, 0.4) is 0 Å². The molecule has 0 spiro atoms. The third-order valence-corrected chi connectivity index (χ3v) is 5.76. The predicted octanol–water partition coefficient (Wildman–Crippen LogP) is 4.15. The second-order valence-electron chi connectivity index (χ2n) is 5.57. The van der Waals surface area contributed by atoms with Crippen LogP contribution in [-0.4, -0.2) is 14.2 Å². The number of rotatable bonds is 6. The van der Waals surface area contributed by atoms with Crippen molar-refractivity contribution >= 4 is 31.7 Å². The van der Waals surface area contributed by atoms with Crippen molar-refractivity contribution in [2.45, 2.75) is 10.9 Å². The summed E-state index contributed by atoms with van der Waals surface area (Å²) < 4.78 is 28.9. The fourth-order valence-electron chi connectivity index (χ4n) is 2.47. The van der Waals surface area contributed by atoms with Crippen molar-refractivity contribution in [1.29, 1.82) is 0 Å². The van der Waals surface area contributed by atoms with Gasteiger partial charge in [0, 0.05) is 10.0 Å². The average Bonchev–Trinajstić information content (AvgIpc) is 2.67. The minimum atomic E-state index is -3.88. The monoisotopic (exact) mass is 428 g/mol. The van der Waals surface area contributed by atoms with E-state index in [0.29, 0.717) is 11.1 Å². The van der Waals surface area contributed by atoms with E-state index in [9.17, 15) is 13.2 Å². The highest BCUT2D eigenvalue weighted by atomic mass is 79.9. The fourth-order valence-corrected chi connectivity index (χ4v) is 3.92. The Morgan fingerprint density at radius 2 is 1.54 bits per heavy atom. The van der Waals surface area contributed by atoms with Crippen LogP contribution in [0.5, 0.6) is 0 Å². The number of hydrogen-bond acceptors (Lipinski definition) is 3. The van der Waals surface area contributed by atoms with Gasteiger partial charge in [0.1, 0.15) is 6.04 Å². The van der Waals surface area contributed by atoms with Crippen molar-refractivity contribution in [3.63, 3.8) is 0 Å². The van der Waals surface area contributed by atoms with Gasteiger partial charge in [-0.2, -0.15) is 4.72 Å². The van der Waals surface area contributed by atoms with E-state index in [1.54, 1.807) is 60.7 Å². The van der Waals surface area contributed by atoms with Crippen LogP contribution >= 0.6 is 15.9 Å².